The number of amides is 2. The maximum absolute atomic E-state index is 12.8. The van der Waals surface area contributed by atoms with Gasteiger partial charge < -0.3 is 10.2 Å². The first-order valence-corrected chi connectivity index (χ1v) is 10.6. The minimum atomic E-state index is -0.340. The number of hydrogen-bond acceptors (Lipinski definition) is 4. The van der Waals surface area contributed by atoms with Gasteiger partial charge in [0.1, 0.15) is 0 Å². The van der Waals surface area contributed by atoms with Crippen molar-refractivity contribution in [3.05, 3.63) is 34.9 Å². The predicted molar refractivity (Wildman–Crippen MR) is 111 cm³/mol. The number of carbonyl (C=O) groups excluding carboxylic acids is 2. The third kappa shape index (κ3) is 5.69. The van der Waals surface area contributed by atoms with Crippen molar-refractivity contribution in [2.45, 2.75) is 32.9 Å². The first-order chi connectivity index (χ1) is 13.4. The van der Waals surface area contributed by atoms with E-state index in [0.717, 1.165) is 37.7 Å². The van der Waals surface area contributed by atoms with Crippen LogP contribution in [0.15, 0.2) is 24.3 Å². The summed E-state index contributed by atoms with van der Waals surface area (Å²) in [4.78, 5) is 31.6. The zero-order chi connectivity index (χ0) is 20.1. The van der Waals surface area contributed by atoms with E-state index in [2.05, 4.69) is 35.0 Å². The standard InChI is InChI=1S/C21H31ClN4O2/c1-16(2)14-26-7-6-23-21(28)19(26)13-20(27)25-10-8-24(9-11-25)15-17-4-3-5-18(22)12-17/h3-5,12,16,19H,6-11,13-15H2,1-2H3,(H,23,28). The number of hydrogen-bond donors (Lipinski definition) is 1. The molecule has 2 fully saturated rings. The van der Waals surface area contributed by atoms with E-state index in [1.54, 1.807) is 0 Å². The van der Waals surface area contributed by atoms with Crippen LogP contribution in [0.5, 0.6) is 0 Å². The molecule has 2 heterocycles. The van der Waals surface area contributed by atoms with Gasteiger partial charge in [0.15, 0.2) is 0 Å². The topological polar surface area (TPSA) is 55.9 Å². The van der Waals surface area contributed by atoms with Crippen molar-refractivity contribution >= 4 is 23.4 Å². The SMILES string of the molecule is CC(C)CN1CCNC(=O)C1CC(=O)N1CCN(Cc2cccc(Cl)c2)CC1. The van der Waals surface area contributed by atoms with Crippen molar-refractivity contribution in [2.75, 3.05) is 45.8 Å². The molecule has 0 spiro atoms. The number of benzene rings is 1. The number of carbonyl (C=O) groups is 2. The predicted octanol–water partition coefficient (Wildman–Crippen LogP) is 1.83. The van der Waals surface area contributed by atoms with Gasteiger partial charge in [-0.15, -0.1) is 0 Å². The summed E-state index contributed by atoms with van der Waals surface area (Å²) in [5, 5.41) is 3.66. The van der Waals surface area contributed by atoms with Crippen molar-refractivity contribution in [3.8, 4) is 0 Å². The van der Waals surface area contributed by atoms with Crippen LogP contribution in [0.3, 0.4) is 0 Å². The Bertz CT molecular complexity index is 689. The second kappa shape index (κ2) is 9.72. The fourth-order valence-electron chi connectivity index (χ4n) is 4.01. The number of nitrogens with zero attached hydrogens (tertiary/aromatic N) is 3. The second-order valence-electron chi connectivity index (χ2n) is 8.19. The molecule has 0 aromatic heterocycles. The third-order valence-electron chi connectivity index (χ3n) is 5.43. The molecule has 6 nitrogen and oxygen atoms in total. The molecule has 28 heavy (non-hydrogen) atoms. The maximum Gasteiger partial charge on any atom is 0.237 e. The lowest BCUT2D eigenvalue weighted by Gasteiger charge is -2.38. The van der Waals surface area contributed by atoms with Crippen LogP contribution in [-0.2, 0) is 16.1 Å². The zero-order valence-electron chi connectivity index (χ0n) is 16.9. The third-order valence-corrected chi connectivity index (χ3v) is 5.66. The largest absolute Gasteiger partial charge is 0.353 e. The molecule has 0 saturated carbocycles. The molecule has 1 aromatic carbocycles. The van der Waals surface area contributed by atoms with Crippen molar-refractivity contribution < 1.29 is 9.59 Å². The highest BCUT2D eigenvalue weighted by molar-refractivity contribution is 6.30. The highest BCUT2D eigenvalue weighted by Gasteiger charge is 2.33. The summed E-state index contributed by atoms with van der Waals surface area (Å²) in [6.07, 6.45) is 0.271. The lowest BCUT2D eigenvalue weighted by molar-refractivity contribution is -0.140. The van der Waals surface area contributed by atoms with E-state index in [1.807, 2.05) is 23.1 Å². The highest BCUT2D eigenvalue weighted by Crippen LogP contribution is 2.16. The minimum absolute atomic E-state index is 0.0140. The second-order valence-corrected chi connectivity index (χ2v) is 8.62. The highest BCUT2D eigenvalue weighted by atomic mass is 35.5. The molecule has 0 radical (unpaired) electrons. The monoisotopic (exact) mass is 406 g/mol. The van der Waals surface area contributed by atoms with Gasteiger partial charge in [0, 0.05) is 57.4 Å². The fraction of sp³-hybridized carbons (Fsp3) is 0.619. The van der Waals surface area contributed by atoms with Crippen molar-refractivity contribution in [3.63, 3.8) is 0 Å². The van der Waals surface area contributed by atoms with Gasteiger partial charge in [-0.25, -0.2) is 0 Å². The summed E-state index contributed by atoms with van der Waals surface area (Å²) in [5.74, 6) is 0.539. The van der Waals surface area contributed by atoms with E-state index in [-0.39, 0.29) is 24.3 Å². The summed E-state index contributed by atoms with van der Waals surface area (Å²) >= 11 is 6.07. The van der Waals surface area contributed by atoms with E-state index in [4.69, 9.17) is 11.6 Å². The molecule has 3 rings (SSSR count). The molecule has 154 valence electrons. The number of nitrogens with one attached hydrogen (secondary N) is 1. The summed E-state index contributed by atoms with van der Waals surface area (Å²) in [7, 11) is 0. The van der Waals surface area contributed by atoms with Crippen LogP contribution in [0.2, 0.25) is 5.02 Å². The molecule has 1 unspecified atom stereocenters. The lowest BCUT2D eigenvalue weighted by Crippen LogP contribution is -2.58. The Morgan fingerprint density at radius 1 is 1.21 bits per heavy atom. The Labute approximate surface area is 172 Å². The average molecular weight is 407 g/mol. The van der Waals surface area contributed by atoms with Gasteiger partial charge in [0.2, 0.25) is 11.8 Å². The molecule has 7 heteroatoms. The molecule has 0 bridgehead atoms. The summed E-state index contributed by atoms with van der Waals surface area (Å²) < 4.78 is 0. The minimum Gasteiger partial charge on any atom is -0.353 e. The lowest BCUT2D eigenvalue weighted by atomic mass is 10.0. The molecule has 1 N–H and O–H groups in total. The van der Waals surface area contributed by atoms with E-state index in [0.29, 0.717) is 25.6 Å². The zero-order valence-corrected chi connectivity index (χ0v) is 17.6. The molecule has 2 aliphatic rings. The Balaban J connectivity index is 1.50. The molecule has 1 atom stereocenters. The van der Waals surface area contributed by atoms with Crippen LogP contribution in [0.25, 0.3) is 0 Å². The Hall–Kier alpha value is -1.63. The van der Waals surface area contributed by atoms with Crippen LogP contribution in [-0.4, -0.2) is 78.4 Å². The summed E-state index contributed by atoms with van der Waals surface area (Å²) in [5.41, 5.74) is 1.19. The molecule has 2 amide bonds. The van der Waals surface area contributed by atoms with Crippen LogP contribution >= 0.6 is 11.6 Å². The van der Waals surface area contributed by atoms with Gasteiger partial charge in [-0.3, -0.25) is 19.4 Å². The van der Waals surface area contributed by atoms with E-state index < -0.39 is 0 Å². The Kier molecular flexibility index (Phi) is 7.32. The van der Waals surface area contributed by atoms with Crippen LogP contribution in [0.4, 0.5) is 0 Å². The van der Waals surface area contributed by atoms with Crippen molar-refractivity contribution in [2.24, 2.45) is 5.92 Å². The van der Waals surface area contributed by atoms with Crippen LogP contribution in [0, 0.1) is 5.92 Å². The van der Waals surface area contributed by atoms with Gasteiger partial charge in [-0.2, -0.15) is 0 Å². The molecule has 1 aromatic rings. The van der Waals surface area contributed by atoms with Gasteiger partial charge in [0.05, 0.1) is 12.5 Å². The van der Waals surface area contributed by atoms with Gasteiger partial charge >= 0.3 is 0 Å². The fourth-order valence-corrected chi connectivity index (χ4v) is 4.23. The normalized spacial score (nSPS) is 21.8. The van der Waals surface area contributed by atoms with Crippen molar-refractivity contribution in [1.82, 2.24) is 20.0 Å². The van der Waals surface area contributed by atoms with Gasteiger partial charge in [-0.1, -0.05) is 37.6 Å². The average Bonchev–Trinajstić information content (AvgIpc) is 2.64. The van der Waals surface area contributed by atoms with Crippen molar-refractivity contribution in [1.29, 1.82) is 0 Å². The molecule has 2 aliphatic heterocycles. The first-order valence-electron chi connectivity index (χ1n) is 10.2. The number of halogens is 1. The maximum atomic E-state index is 12.8. The van der Waals surface area contributed by atoms with Crippen LogP contribution < -0.4 is 5.32 Å². The number of piperazine rings is 2. The Morgan fingerprint density at radius 2 is 1.96 bits per heavy atom. The first kappa shape index (κ1) is 21.1. The number of rotatable bonds is 6. The van der Waals surface area contributed by atoms with E-state index in [9.17, 15) is 9.59 Å². The van der Waals surface area contributed by atoms with Gasteiger partial charge in [-0.05, 0) is 23.6 Å². The van der Waals surface area contributed by atoms with E-state index >= 15 is 0 Å². The van der Waals surface area contributed by atoms with Crippen LogP contribution in [0.1, 0.15) is 25.8 Å². The molecule has 0 aliphatic carbocycles. The molecular weight excluding hydrogens is 376 g/mol. The smallest absolute Gasteiger partial charge is 0.237 e. The summed E-state index contributed by atoms with van der Waals surface area (Å²) in [6, 6.07) is 7.58. The molecular formula is C21H31ClN4O2. The van der Waals surface area contributed by atoms with Gasteiger partial charge in [0.25, 0.3) is 0 Å². The Morgan fingerprint density at radius 3 is 2.64 bits per heavy atom. The summed E-state index contributed by atoms with van der Waals surface area (Å²) in [6.45, 7) is 10.5. The van der Waals surface area contributed by atoms with E-state index in [1.165, 1.54) is 5.56 Å². The molecule has 2 saturated heterocycles. The quantitative estimate of drug-likeness (QED) is 0.783.